The molecule has 0 fully saturated rings. The molecule has 0 unspecified atom stereocenters. The number of sulfone groups is 1. The molecule has 0 bridgehead atoms. The molecular weight excluding hydrogens is 293 g/mol. The minimum Gasteiger partial charge on any atom is -0.298 e. The number of benzene rings is 1. The molecule has 1 aromatic carbocycles. The van der Waals surface area contributed by atoms with E-state index in [4.69, 9.17) is 0 Å². The maximum absolute atomic E-state index is 12.4. The lowest BCUT2D eigenvalue weighted by molar-refractivity contribution is -0.137. The summed E-state index contributed by atoms with van der Waals surface area (Å²) in [5.41, 5.74) is -0.462. The summed E-state index contributed by atoms with van der Waals surface area (Å²) in [6, 6.07) is 4.10. The summed E-state index contributed by atoms with van der Waals surface area (Å²) < 4.78 is 58.6. The van der Waals surface area contributed by atoms with Crippen molar-refractivity contribution in [1.29, 1.82) is 0 Å². The van der Waals surface area contributed by atoms with Gasteiger partial charge in [0.05, 0.1) is 5.56 Å². The van der Waals surface area contributed by atoms with Crippen molar-refractivity contribution in [2.45, 2.75) is 31.2 Å². The molecule has 0 aliphatic heterocycles. The third-order valence-electron chi connectivity index (χ3n) is 3.24. The zero-order valence-corrected chi connectivity index (χ0v) is 12.1. The van der Waals surface area contributed by atoms with Crippen molar-refractivity contribution in [2.75, 3.05) is 6.26 Å². The van der Waals surface area contributed by atoms with E-state index in [0.29, 0.717) is 5.56 Å². The van der Waals surface area contributed by atoms with E-state index in [-0.39, 0.29) is 6.42 Å². The zero-order valence-electron chi connectivity index (χ0n) is 11.3. The molecule has 112 valence electrons. The summed E-state index contributed by atoms with van der Waals surface area (Å²) in [4.78, 5) is 12.0. The molecule has 0 atom stereocenters. The fourth-order valence-corrected chi connectivity index (χ4v) is 1.90. The first kappa shape index (κ1) is 16.7. The van der Waals surface area contributed by atoms with Crippen LogP contribution in [0.5, 0.6) is 0 Å². The van der Waals surface area contributed by atoms with E-state index in [9.17, 15) is 26.4 Å². The van der Waals surface area contributed by atoms with Gasteiger partial charge in [0, 0.05) is 12.7 Å². The molecule has 1 aromatic rings. The molecule has 0 heterocycles. The Morgan fingerprint density at radius 3 is 1.90 bits per heavy atom. The first-order valence-corrected chi connectivity index (χ1v) is 7.64. The first-order chi connectivity index (χ1) is 8.85. The van der Waals surface area contributed by atoms with Gasteiger partial charge in [0.25, 0.3) is 0 Å². The van der Waals surface area contributed by atoms with Gasteiger partial charge in [0.1, 0.15) is 4.75 Å². The summed E-state index contributed by atoms with van der Waals surface area (Å²) >= 11 is 0. The molecule has 0 aliphatic carbocycles. The van der Waals surface area contributed by atoms with Gasteiger partial charge >= 0.3 is 6.18 Å². The highest BCUT2D eigenvalue weighted by molar-refractivity contribution is 7.92. The standard InChI is InChI=1S/C13H15F3O3S/c1-12(2,20(3,18)19)11(17)8-9-4-6-10(7-5-9)13(14,15)16/h4-7H,8H2,1-3H3. The number of halogens is 3. The van der Waals surface area contributed by atoms with Crippen LogP contribution in [0.2, 0.25) is 0 Å². The quantitative estimate of drug-likeness (QED) is 0.859. The van der Waals surface area contributed by atoms with E-state index < -0.39 is 32.1 Å². The first-order valence-electron chi connectivity index (χ1n) is 5.75. The lowest BCUT2D eigenvalue weighted by Gasteiger charge is -2.20. The Balaban J connectivity index is 2.93. The molecule has 7 heteroatoms. The Morgan fingerprint density at radius 2 is 1.55 bits per heavy atom. The zero-order chi connectivity index (χ0) is 15.8. The molecular formula is C13H15F3O3S. The SMILES string of the molecule is CC(C)(C(=O)Cc1ccc(C(F)(F)F)cc1)S(C)(=O)=O. The number of Topliss-reactive ketones (excluding diaryl/α,β-unsaturated/α-hetero) is 1. The van der Waals surface area contributed by atoms with Gasteiger partial charge < -0.3 is 0 Å². The monoisotopic (exact) mass is 308 g/mol. The van der Waals surface area contributed by atoms with E-state index in [0.717, 1.165) is 18.4 Å². The van der Waals surface area contributed by atoms with Crippen LogP contribution >= 0.6 is 0 Å². The van der Waals surface area contributed by atoms with E-state index in [2.05, 4.69) is 0 Å². The molecule has 0 aromatic heterocycles. The Labute approximate surface area is 115 Å². The van der Waals surface area contributed by atoms with Crippen molar-refractivity contribution in [3.8, 4) is 0 Å². The number of carbonyl (C=O) groups is 1. The number of hydrogen-bond acceptors (Lipinski definition) is 3. The summed E-state index contributed by atoms with van der Waals surface area (Å²) in [5.74, 6) is -0.556. The maximum atomic E-state index is 12.4. The third kappa shape index (κ3) is 3.59. The Kier molecular flexibility index (Phi) is 4.34. The molecule has 0 radical (unpaired) electrons. The van der Waals surface area contributed by atoms with Crippen LogP contribution in [-0.2, 0) is 27.2 Å². The van der Waals surface area contributed by atoms with Crippen LogP contribution in [0.1, 0.15) is 25.0 Å². The molecule has 20 heavy (non-hydrogen) atoms. The van der Waals surface area contributed by atoms with Crippen LogP contribution in [0.25, 0.3) is 0 Å². The number of alkyl halides is 3. The number of ketones is 1. The van der Waals surface area contributed by atoms with Gasteiger partial charge in [0.2, 0.25) is 0 Å². The van der Waals surface area contributed by atoms with Crippen LogP contribution in [0.15, 0.2) is 24.3 Å². The molecule has 3 nitrogen and oxygen atoms in total. The summed E-state index contributed by atoms with van der Waals surface area (Å²) in [5, 5.41) is 0. The van der Waals surface area contributed by atoms with Crippen molar-refractivity contribution in [2.24, 2.45) is 0 Å². The molecule has 0 aliphatic rings. The van der Waals surface area contributed by atoms with Gasteiger partial charge in [0.15, 0.2) is 15.6 Å². The number of rotatable bonds is 4. The van der Waals surface area contributed by atoms with Gasteiger partial charge in [-0.2, -0.15) is 13.2 Å². The number of hydrogen-bond donors (Lipinski definition) is 0. The van der Waals surface area contributed by atoms with Crippen molar-refractivity contribution >= 4 is 15.6 Å². The highest BCUT2D eigenvalue weighted by atomic mass is 32.2. The average Bonchev–Trinajstić information content (AvgIpc) is 2.26. The molecule has 0 saturated carbocycles. The lowest BCUT2D eigenvalue weighted by atomic mass is 9.99. The van der Waals surface area contributed by atoms with Crippen LogP contribution in [0.3, 0.4) is 0 Å². The van der Waals surface area contributed by atoms with Crippen LogP contribution < -0.4 is 0 Å². The fourth-order valence-electron chi connectivity index (χ4n) is 1.42. The molecule has 1 rings (SSSR count). The topological polar surface area (TPSA) is 51.2 Å². The second-order valence-electron chi connectivity index (χ2n) is 5.08. The van der Waals surface area contributed by atoms with E-state index >= 15 is 0 Å². The summed E-state index contributed by atoms with van der Waals surface area (Å²) in [7, 11) is -3.58. The molecule has 0 saturated heterocycles. The van der Waals surface area contributed by atoms with Crippen molar-refractivity contribution in [3.63, 3.8) is 0 Å². The Morgan fingerprint density at radius 1 is 1.10 bits per heavy atom. The molecule has 0 amide bonds. The maximum Gasteiger partial charge on any atom is 0.416 e. The lowest BCUT2D eigenvalue weighted by Crippen LogP contribution is -2.40. The van der Waals surface area contributed by atoms with Crippen molar-refractivity contribution in [3.05, 3.63) is 35.4 Å². The van der Waals surface area contributed by atoms with E-state index in [1.807, 2.05) is 0 Å². The summed E-state index contributed by atoms with van der Waals surface area (Å²) in [6.45, 7) is 2.57. The second-order valence-corrected chi connectivity index (χ2v) is 7.64. The molecule has 0 N–H and O–H groups in total. The smallest absolute Gasteiger partial charge is 0.298 e. The highest BCUT2D eigenvalue weighted by Crippen LogP contribution is 2.29. The number of carbonyl (C=O) groups excluding carboxylic acids is 1. The van der Waals surface area contributed by atoms with Crippen molar-refractivity contribution in [1.82, 2.24) is 0 Å². The minimum absolute atomic E-state index is 0.224. The van der Waals surface area contributed by atoms with Crippen LogP contribution in [0, 0.1) is 0 Å². The van der Waals surface area contributed by atoms with Gasteiger partial charge in [-0.1, -0.05) is 12.1 Å². The normalized spacial score (nSPS) is 13.3. The minimum atomic E-state index is -4.44. The third-order valence-corrected chi connectivity index (χ3v) is 5.33. The predicted molar refractivity (Wildman–Crippen MR) is 69.1 cm³/mol. The molecule has 0 spiro atoms. The average molecular weight is 308 g/mol. The van der Waals surface area contributed by atoms with Crippen molar-refractivity contribution < 1.29 is 26.4 Å². The van der Waals surface area contributed by atoms with E-state index in [1.165, 1.54) is 26.0 Å². The van der Waals surface area contributed by atoms with Crippen LogP contribution in [0.4, 0.5) is 13.2 Å². The van der Waals surface area contributed by atoms with Gasteiger partial charge in [-0.3, -0.25) is 4.79 Å². The summed E-state index contributed by atoms with van der Waals surface area (Å²) in [6.07, 6.45) is -3.70. The van der Waals surface area contributed by atoms with Gasteiger partial charge in [-0.15, -0.1) is 0 Å². The Hall–Kier alpha value is -1.37. The second kappa shape index (κ2) is 5.20. The Bertz CT molecular complexity index is 599. The predicted octanol–water partition coefficient (Wildman–Crippen LogP) is 2.64. The largest absolute Gasteiger partial charge is 0.416 e. The van der Waals surface area contributed by atoms with E-state index in [1.54, 1.807) is 0 Å². The fraction of sp³-hybridized carbons (Fsp3) is 0.462. The highest BCUT2D eigenvalue weighted by Gasteiger charge is 2.37. The van der Waals surface area contributed by atoms with Gasteiger partial charge in [-0.05, 0) is 31.5 Å². The van der Waals surface area contributed by atoms with Gasteiger partial charge in [-0.25, -0.2) is 8.42 Å². The van der Waals surface area contributed by atoms with Crippen LogP contribution in [-0.4, -0.2) is 25.2 Å².